The molecule has 1 aromatic rings. The molecule has 0 aromatic carbocycles. The van der Waals surface area contributed by atoms with Crippen LogP contribution in [0.4, 0.5) is 0 Å². The van der Waals surface area contributed by atoms with Crippen LogP contribution in [0.1, 0.15) is 47.6 Å². The monoisotopic (exact) mass is 220 g/mol. The molecule has 1 aliphatic carbocycles. The van der Waals surface area contributed by atoms with E-state index in [1.807, 2.05) is 13.0 Å². The van der Waals surface area contributed by atoms with E-state index < -0.39 is 0 Å². The highest BCUT2D eigenvalue weighted by Crippen LogP contribution is 2.38. The average molecular weight is 220 g/mol. The maximum atomic E-state index is 12.0. The highest BCUT2D eigenvalue weighted by Gasteiger charge is 2.28. The first-order chi connectivity index (χ1) is 7.65. The molecule has 0 aliphatic heterocycles. The molecule has 1 saturated carbocycles. The van der Waals surface area contributed by atoms with Crippen molar-refractivity contribution in [3.05, 3.63) is 23.0 Å². The van der Waals surface area contributed by atoms with Crippen molar-refractivity contribution in [2.24, 2.45) is 0 Å². The van der Waals surface area contributed by atoms with Gasteiger partial charge in [0, 0.05) is 23.0 Å². The summed E-state index contributed by atoms with van der Waals surface area (Å²) in [5.74, 6) is 0.210. The van der Waals surface area contributed by atoms with Gasteiger partial charge in [-0.15, -0.1) is 0 Å². The van der Waals surface area contributed by atoms with Gasteiger partial charge in [0.15, 0.2) is 5.78 Å². The van der Waals surface area contributed by atoms with E-state index in [1.165, 1.54) is 18.5 Å². The molecule has 0 saturated heterocycles. The number of Topliss-reactive ketones (excluding diaryl/α,β-unsaturated/α-hetero) is 1. The van der Waals surface area contributed by atoms with Crippen molar-refractivity contribution in [1.82, 2.24) is 9.88 Å². The van der Waals surface area contributed by atoms with Crippen LogP contribution in [0.25, 0.3) is 0 Å². The molecule has 1 N–H and O–H groups in total. The van der Waals surface area contributed by atoms with Crippen molar-refractivity contribution in [3.8, 4) is 0 Å². The Morgan fingerprint density at radius 3 is 2.75 bits per heavy atom. The molecule has 2 rings (SSSR count). The molecule has 1 heterocycles. The van der Waals surface area contributed by atoms with Crippen molar-refractivity contribution < 1.29 is 4.79 Å². The summed E-state index contributed by atoms with van der Waals surface area (Å²) in [7, 11) is 0. The third-order valence-electron chi connectivity index (χ3n) is 3.23. The van der Waals surface area contributed by atoms with E-state index in [-0.39, 0.29) is 5.78 Å². The molecule has 16 heavy (non-hydrogen) atoms. The van der Waals surface area contributed by atoms with Crippen LogP contribution in [0.15, 0.2) is 6.07 Å². The molecule has 1 aliphatic rings. The van der Waals surface area contributed by atoms with E-state index in [0.717, 1.165) is 17.8 Å². The van der Waals surface area contributed by atoms with Crippen molar-refractivity contribution >= 4 is 5.78 Å². The Kier molecular flexibility index (Phi) is 3.15. The Morgan fingerprint density at radius 2 is 2.19 bits per heavy atom. The van der Waals surface area contributed by atoms with E-state index in [4.69, 9.17) is 0 Å². The number of carbonyl (C=O) groups is 1. The lowest BCUT2D eigenvalue weighted by molar-refractivity contribution is 0.0991. The number of hydrogen-bond donors (Lipinski definition) is 1. The van der Waals surface area contributed by atoms with E-state index in [2.05, 4.69) is 23.7 Å². The predicted molar refractivity (Wildman–Crippen MR) is 65.1 cm³/mol. The van der Waals surface area contributed by atoms with Crippen LogP contribution in [-0.4, -0.2) is 23.4 Å². The summed E-state index contributed by atoms with van der Waals surface area (Å²) < 4.78 is 2.32. The fourth-order valence-electron chi connectivity index (χ4n) is 2.29. The van der Waals surface area contributed by atoms with Gasteiger partial charge in [-0.1, -0.05) is 6.92 Å². The summed E-state index contributed by atoms with van der Waals surface area (Å²) in [5.41, 5.74) is 3.26. The Hall–Kier alpha value is -1.09. The first kappa shape index (κ1) is 11.4. The molecule has 0 amide bonds. The SMILES string of the molecule is CCNCC(=O)c1cc(C)n(C2CC2)c1C. The van der Waals surface area contributed by atoms with Gasteiger partial charge in [0.1, 0.15) is 0 Å². The average Bonchev–Trinajstić information content (AvgIpc) is 3.03. The molecule has 0 atom stereocenters. The summed E-state index contributed by atoms with van der Waals surface area (Å²) in [6.45, 7) is 7.46. The Bertz CT molecular complexity index is 402. The number of likely N-dealkylation sites (N-methyl/N-ethyl adjacent to an activating group) is 1. The van der Waals surface area contributed by atoms with Gasteiger partial charge < -0.3 is 9.88 Å². The highest BCUT2D eigenvalue weighted by atomic mass is 16.1. The first-order valence-corrected chi connectivity index (χ1v) is 6.07. The largest absolute Gasteiger partial charge is 0.345 e. The van der Waals surface area contributed by atoms with Crippen LogP contribution in [0.3, 0.4) is 0 Å². The molecular formula is C13H20N2O. The van der Waals surface area contributed by atoms with E-state index >= 15 is 0 Å². The third kappa shape index (κ3) is 2.05. The van der Waals surface area contributed by atoms with Crippen LogP contribution in [0.5, 0.6) is 0 Å². The Balaban J connectivity index is 2.21. The topological polar surface area (TPSA) is 34.0 Å². The Morgan fingerprint density at radius 1 is 1.50 bits per heavy atom. The molecule has 0 spiro atoms. The summed E-state index contributed by atoms with van der Waals surface area (Å²) >= 11 is 0. The minimum atomic E-state index is 0.210. The van der Waals surface area contributed by atoms with Crippen LogP contribution in [-0.2, 0) is 0 Å². The van der Waals surface area contributed by atoms with E-state index in [0.29, 0.717) is 12.6 Å². The minimum Gasteiger partial charge on any atom is -0.345 e. The van der Waals surface area contributed by atoms with Gasteiger partial charge in [0.05, 0.1) is 6.54 Å². The summed E-state index contributed by atoms with van der Waals surface area (Å²) in [4.78, 5) is 12.0. The van der Waals surface area contributed by atoms with Crippen LogP contribution < -0.4 is 5.32 Å². The lowest BCUT2D eigenvalue weighted by Crippen LogP contribution is -2.22. The van der Waals surface area contributed by atoms with E-state index in [9.17, 15) is 4.79 Å². The van der Waals surface area contributed by atoms with Gasteiger partial charge >= 0.3 is 0 Å². The lowest BCUT2D eigenvalue weighted by atomic mass is 10.1. The number of ketones is 1. The van der Waals surface area contributed by atoms with Crippen LogP contribution in [0, 0.1) is 13.8 Å². The number of nitrogens with zero attached hydrogens (tertiary/aromatic N) is 1. The highest BCUT2D eigenvalue weighted by molar-refractivity contribution is 5.99. The van der Waals surface area contributed by atoms with Gasteiger partial charge in [0.25, 0.3) is 0 Å². The number of rotatable bonds is 5. The molecule has 3 heteroatoms. The van der Waals surface area contributed by atoms with Gasteiger partial charge in [-0.05, 0) is 39.3 Å². The maximum absolute atomic E-state index is 12.0. The third-order valence-corrected chi connectivity index (χ3v) is 3.23. The second kappa shape index (κ2) is 4.42. The predicted octanol–water partition coefficient (Wildman–Crippen LogP) is 2.23. The lowest BCUT2D eigenvalue weighted by Gasteiger charge is -2.07. The summed E-state index contributed by atoms with van der Waals surface area (Å²) in [6, 6.07) is 2.69. The van der Waals surface area contributed by atoms with Crippen LogP contribution in [0.2, 0.25) is 0 Å². The molecule has 1 aromatic heterocycles. The second-order valence-corrected chi connectivity index (χ2v) is 4.59. The fraction of sp³-hybridized carbons (Fsp3) is 0.615. The quantitative estimate of drug-likeness (QED) is 0.772. The summed E-state index contributed by atoms with van der Waals surface area (Å²) in [6.07, 6.45) is 2.52. The van der Waals surface area contributed by atoms with Gasteiger partial charge in [-0.25, -0.2) is 0 Å². The minimum absolute atomic E-state index is 0.210. The van der Waals surface area contributed by atoms with E-state index in [1.54, 1.807) is 0 Å². The zero-order chi connectivity index (χ0) is 11.7. The van der Waals surface area contributed by atoms with Gasteiger partial charge in [-0.3, -0.25) is 4.79 Å². The number of aromatic nitrogens is 1. The molecule has 1 fully saturated rings. The van der Waals surface area contributed by atoms with Crippen molar-refractivity contribution in [2.45, 2.75) is 39.7 Å². The molecule has 0 bridgehead atoms. The van der Waals surface area contributed by atoms with Crippen LogP contribution >= 0.6 is 0 Å². The molecule has 0 radical (unpaired) electrons. The zero-order valence-electron chi connectivity index (χ0n) is 10.3. The Labute approximate surface area is 96.8 Å². The number of aryl methyl sites for hydroxylation is 1. The van der Waals surface area contributed by atoms with Crippen molar-refractivity contribution in [2.75, 3.05) is 13.1 Å². The second-order valence-electron chi connectivity index (χ2n) is 4.59. The van der Waals surface area contributed by atoms with Crippen molar-refractivity contribution in [3.63, 3.8) is 0 Å². The molecule has 3 nitrogen and oxygen atoms in total. The standard InChI is InChI=1S/C13H20N2O/c1-4-14-8-13(16)12-7-9(2)15(10(12)3)11-5-6-11/h7,11,14H,4-6,8H2,1-3H3. The zero-order valence-corrected chi connectivity index (χ0v) is 10.3. The molecule has 88 valence electrons. The van der Waals surface area contributed by atoms with Gasteiger partial charge in [0.2, 0.25) is 0 Å². The fourth-order valence-corrected chi connectivity index (χ4v) is 2.29. The van der Waals surface area contributed by atoms with Crippen molar-refractivity contribution in [1.29, 1.82) is 0 Å². The summed E-state index contributed by atoms with van der Waals surface area (Å²) in [5, 5.41) is 3.09. The number of nitrogens with one attached hydrogen (secondary N) is 1. The smallest absolute Gasteiger partial charge is 0.178 e. The first-order valence-electron chi connectivity index (χ1n) is 6.07. The molecule has 0 unspecified atom stereocenters. The number of hydrogen-bond acceptors (Lipinski definition) is 2. The number of carbonyl (C=O) groups excluding carboxylic acids is 1. The molecular weight excluding hydrogens is 200 g/mol. The van der Waals surface area contributed by atoms with Gasteiger partial charge in [-0.2, -0.15) is 0 Å². The maximum Gasteiger partial charge on any atom is 0.178 e. The normalized spacial score (nSPS) is 15.4.